The molecule has 1 rings (SSSR count). The van der Waals surface area contributed by atoms with E-state index in [1.165, 1.54) is 0 Å². The van der Waals surface area contributed by atoms with Gasteiger partial charge in [-0.2, -0.15) is 0 Å². The van der Waals surface area contributed by atoms with Gasteiger partial charge in [0.25, 0.3) is 5.24 Å². The Morgan fingerprint density at radius 1 is 1.85 bits per heavy atom. The average molecular weight is 204 g/mol. The maximum absolute atomic E-state index is 10.5. The number of aryl methyl sites for hydroxylation is 1. The lowest BCUT2D eigenvalue weighted by molar-refractivity contribution is -0.392. The van der Waals surface area contributed by atoms with Crippen molar-refractivity contribution in [3.8, 4) is 0 Å². The summed E-state index contributed by atoms with van der Waals surface area (Å²) in [6.45, 7) is 1.33. The fraction of sp³-hybridized carbons (Fsp3) is 0.333. The van der Waals surface area contributed by atoms with Crippen LogP contribution in [0.15, 0.2) is 6.20 Å². The molecule has 0 atom stereocenters. The topological polar surface area (TPSA) is 78.0 Å². The minimum absolute atomic E-state index is 0.230. The summed E-state index contributed by atoms with van der Waals surface area (Å²) in [7, 11) is 0. The summed E-state index contributed by atoms with van der Waals surface area (Å²) in [4.78, 5) is 24.0. The van der Waals surface area contributed by atoms with Crippen molar-refractivity contribution in [1.29, 1.82) is 0 Å². The number of carbonyl (C=O) groups excluding carboxylic acids is 1. The summed E-state index contributed by atoms with van der Waals surface area (Å²) >= 11 is 5.11. The summed E-state index contributed by atoms with van der Waals surface area (Å²) in [6, 6.07) is 0. The van der Waals surface area contributed by atoms with Crippen LogP contribution in [0.4, 0.5) is 5.82 Å². The molecule has 0 saturated heterocycles. The molecule has 1 aromatic heterocycles. The van der Waals surface area contributed by atoms with Gasteiger partial charge in [-0.1, -0.05) is 0 Å². The first-order valence-corrected chi connectivity index (χ1v) is 3.75. The van der Waals surface area contributed by atoms with E-state index in [-0.39, 0.29) is 12.4 Å². The summed E-state index contributed by atoms with van der Waals surface area (Å²) in [5.74, 6) is 0.159. The molecule has 0 aliphatic carbocycles. The Hall–Kier alpha value is -1.43. The van der Waals surface area contributed by atoms with Crippen molar-refractivity contribution in [2.45, 2.75) is 13.5 Å². The smallest absolute Gasteiger partial charge is 0.343 e. The van der Waals surface area contributed by atoms with E-state index in [0.29, 0.717) is 5.82 Å². The number of imidazole rings is 1. The van der Waals surface area contributed by atoms with Gasteiger partial charge in [0.05, 0.1) is 0 Å². The Morgan fingerprint density at radius 3 is 2.92 bits per heavy atom. The Morgan fingerprint density at radius 2 is 2.46 bits per heavy atom. The number of hydrogen-bond acceptors (Lipinski definition) is 4. The number of nitro groups is 1. The molecule has 0 fully saturated rings. The van der Waals surface area contributed by atoms with Gasteiger partial charge in [0, 0.05) is 6.92 Å². The van der Waals surface area contributed by atoms with Crippen LogP contribution in [0, 0.1) is 17.0 Å². The summed E-state index contributed by atoms with van der Waals surface area (Å²) in [5.41, 5.74) is 0. The van der Waals surface area contributed by atoms with Crippen molar-refractivity contribution in [2.75, 3.05) is 0 Å². The molecule has 6 nitrogen and oxygen atoms in total. The first-order valence-electron chi connectivity index (χ1n) is 3.37. The molecule has 1 heterocycles. The van der Waals surface area contributed by atoms with E-state index in [4.69, 9.17) is 11.6 Å². The van der Waals surface area contributed by atoms with Crippen LogP contribution in [0.2, 0.25) is 0 Å². The van der Waals surface area contributed by atoms with Crippen molar-refractivity contribution >= 4 is 22.7 Å². The van der Waals surface area contributed by atoms with Crippen molar-refractivity contribution in [2.24, 2.45) is 0 Å². The molecular weight excluding hydrogens is 198 g/mol. The minimum Gasteiger partial charge on any atom is -0.358 e. The SMILES string of the molecule is Cc1ncc([N+](=O)[O-])n1CC(=O)Cl. The van der Waals surface area contributed by atoms with Crippen LogP contribution >= 0.6 is 11.6 Å². The van der Waals surface area contributed by atoms with Gasteiger partial charge in [-0.25, -0.2) is 9.55 Å². The third-order valence-electron chi connectivity index (χ3n) is 1.50. The minimum atomic E-state index is -0.663. The number of hydrogen-bond donors (Lipinski definition) is 0. The molecular formula is C6H6ClN3O3. The van der Waals surface area contributed by atoms with E-state index < -0.39 is 10.2 Å². The molecule has 13 heavy (non-hydrogen) atoms. The summed E-state index contributed by atoms with van der Waals surface area (Å²) < 4.78 is 1.15. The predicted octanol–water partition coefficient (Wildman–Crippen LogP) is 0.865. The number of rotatable bonds is 3. The molecule has 0 aliphatic rings. The molecule has 0 saturated carbocycles. The zero-order valence-corrected chi connectivity index (χ0v) is 7.48. The highest BCUT2D eigenvalue weighted by Crippen LogP contribution is 2.13. The van der Waals surface area contributed by atoms with Crippen LogP contribution in [0.1, 0.15) is 5.82 Å². The Kier molecular flexibility index (Phi) is 2.62. The highest BCUT2D eigenvalue weighted by atomic mass is 35.5. The average Bonchev–Trinajstić information content (AvgIpc) is 2.32. The molecule has 0 spiro atoms. The molecule has 0 N–H and O–H groups in total. The largest absolute Gasteiger partial charge is 0.358 e. The van der Waals surface area contributed by atoms with E-state index in [1.807, 2.05) is 0 Å². The van der Waals surface area contributed by atoms with Crippen molar-refractivity contribution < 1.29 is 9.72 Å². The standard InChI is InChI=1S/C6H6ClN3O3/c1-4-8-2-6(10(12)13)9(4)3-5(7)11/h2H,3H2,1H3. The highest BCUT2D eigenvalue weighted by molar-refractivity contribution is 6.63. The lowest BCUT2D eigenvalue weighted by Crippen LogP contribution is -2.09. The van der Waals surface area contributed by atoms with Crippen LogP contribution in [0.3, 0.4) is 0 Å². The highest BCUT2D eigenvalue weighted by Gasteiger charge is 2.18. The third kappa shape index (κ3) is 2.03. The normalized spacial score (nSPS) is 10.0. The van der Waals surface area contributed by atoms with Crippen molar-refractivity contribution in [3.05, 3.63) is 22.1 Å². The zero-order valence-electron chi connectivity index (χ0n) is 6.73. The fourth-order valence-corrected chi connectivity index (χ4v) is 1.04. The molecule has 0 aromatic carbocycles. The number of halogens is 1. The van der Waals surface area contributed by atoms with Gasteiger partial charge in [-0.15, -0.1) is 0 Å². The molecule has 7 heteroatoms. The van der Waals surface area contributed by atoms with Crippen molar-refractivity contribution in [3.63, 3.8) is 0 Å². The molecule has 1 aromatic rings. The first-order chi connectivity index (χ1) is 6.02. The maximum Gasteiger partial charge on any atom is 0.343 e. The molecule has 0 unspecified atom stereocenters. The monoisotopic (exact) mass is 203 g/mol. The second-order valence-electron chi connectivity index (χ2n) is 2.36. The van der Waals surface area contributed by atoms with Gasteiger partial charge in [0.15, 0.2) is 12.4 Å². The number of nitrogens with zero attached hydrogens (tertiary/aromatic N) is 3. The fourth-order valence-electron chi connectivity index (χ4n) is 0.922. The van der Waals surface area contributed by atoms with Gasteiger partial charge >= 0.3 is 5.82 Å². The molecule has 0 amide bonds. The molecule has 0 bridgehead atoms. The zero-order chi connectivity index (χ0) is 10.0. The van der Waals surface area contributed by atoms with E-state index in [2.05, 4.69) is 4.98 Å². The van der Waals surface area contributed by atoms with Gasteiger partial charge in [0.1, 0.15) is 6.20 Å². The quantitative estimate of drug-likeness (QED) is 0.415. The van der Waals surface area contributed by atoms with Crippen molar-refractivity contribution in [1.82, 2.24) is 9.55 Å². The van der Waals surface area contributed by atoms with E-state index >= 15 is 0 Å². The molecule has 0 aliphatic heterocycles. The summed E-state index contributed by atoms with van der Waals surface area (Å²) in [6.07, 6.45) is 1.09. The number of aromatic nitrogens is 2. The summed E-state index contributed by atoms with van der Waals surface area (Å²) in [5, 5.41) is 9.74. The van der Waals surface area contributed by atoms with Gasteiger partial charge in [0.2, 0.25) is 0 Å². The molecule has 0 radical (unpaired) electrons. The van der Waals surface area contributed by atoms with Crippen LogP contribution in [0.5, 0.6) is 0 Å². The van der Waals surface area contributed by atoms with Gasteiger partial charge in [-0.05, 0) is 16.5 Å². The van der Waals surface area contributed by atoms with Gasteiger partial charge in [-0.3, -0.25) is 4.79 Å². The lowest BCUT2D eigenvalue weighted by atomic mass is 10.6. The van der Waals surface area contributed by atoms with Crippen LogP contribution in [0.25, 0.3) is 0 Å². The second-order valence-corrected chi connectivity index (χ2v) is 2.78. The van der Waals surface area contributed by atoms with Crippen LogP contribution in [-0.2, 0) is 11.3 Å². The first kappa shape index (κ1) is 9.66. The van der Waals surface area contributed by atoms with Gasteiger partial charge < -0.3 is 10.1 Å². The van der Waals surface area contributed by atoms with Crippen LogP contribution in [-0.4, -0.2) is 19.7 Å². The Bertz CT molecular complexity index is 360. The third-order valence-corrected chi connectivity index (χ3v) is 1.62. The van der Waals surface area contributed by atoms with E-state index in [9.17, 15) is 14.9 Å². The van der Waals surface area contributed by atoms with E-state index in [0.717, 1.165) is 10.8 Å². The molecule has 70 valence electrons. The second kappa shape index (κ2) is 3.53. The number of carbonyl (C=O) groups is 1. The Balaban J connectivity index is 3.08. The predicted molar refractivity (Wildman–Crippen MR) is 44.5 cm³/mol. The Labute approximate surface area is 78.3 Å². The maximum atomic E-state index is 10.5. The lowest BCUT2D eigenvalue weighted by Gasteiger charge is -1.97. The van der Waals surface area contributed by atoms with Crippen LogP contribution < -0.4 is 0 Å². The van der Waals surface area contributed by atoms with E-state index in [1.54, 1.807) is 6.92 Å².